The quantitative estimate of drug-likeness (QED) is 0.232. The number of phenols is 1. The van der Waals surface area contributed by atoms with Gasteiger partial charge in [-0.15, -0.1) is 0 Å². The topological polar surface area (TPSA) is 119 Å². The second-order valence-electron chi connectivity index (χ2n) is 7.36. The number of aryl methyl sites for hydroxylation is 1. The molecule has 1 atom stereocenters. The molecule has 1 aliphatic rings. The van der Waals surface area contributed by atoms with E-state index in [2.05, 4.69) is 20.9 Å². The molecule has 0 spiro atoms. The van der Waals surface area contributed by atoms with E-state index in [0.717, 1.165) is 5.76 Å². The average molecular weight is 425 g/mol. The van der Waals surface area contributed by atoms with E-state index < -0.39 is 11.8 Å². The van der Waals surface area contributed by atoms with E-state index in [9.17, 15) is 14.7 Å². The minimum atomic E-state index is -0.584. The number of hydrogen-bond acceptors (Lipinski definition) is 7. The van der Waals surface area contributed by atoms with Gasteiger partial charge >= 0.3 is 0 Å². The van der Waals surface area contributed by atoms with Crippen LogP contribution in [0.1, 0.15) is 36.5 Å². The first-order valence-corrected chi connectivity index (χ1v) is 9.93. The van der Waals surface area contributed by atoms with Gasteiger partial charge in [0.05, 0.1) is 17.3 Å². The van der Waals surface area contributed by atoms with Crippen LogP contribution in [-0.4, -0.2) is 48.8 Å². The third-order valence-electron chi connectivity index (χ3n) is 4.93. The summed E-state index contributed by atoms with van der Waals surface area (Å²) < 4.78 is 5.68. The molecule has 2 aromatic rings. The normalized spacial score (nSPS) is 15.2. The standard InChI is InChI=1S/C22H27N5O4/c1-6-14(16-11-10-12(2)31-16)24-17-18(22(30)26-21(17)29)25-15-9-7-8-13(19(15)28)20(23-3)27(4)5/h7-11,14,28H,6H2,1-5H3,(H3,24,25,26,29,30). The molecular weight excluding hydrogens is 398 g/mol. The zero-order valence-electron chi connectivity index (χ0n) is 18.2. The predicted octanol–water partition coefficient (Wildman–Crippen LogP) is 2.25. The SMILES string of the molecule is CCC(NC1=C(Nc2cccc(C(=NC)N(C)C)c2O)C(=O)NC1=O)c1ccc(C)o1. The number of para-hydroxylation sites is 1. The van der Waals surface area contributed by atoms with Crippen molar-refractivity contribution in [2.45, 2.75) is 26.3 Å². The van der Waals surface area contributed by atoms with Gasteiger partial charge in [0.1, 0.15) is 34.5 Å². The first-order chi connectivity index (χ1) is 14.8. The first kappa shape index (κ1) is 21.9. The molecule has 0 fully saturated rings. The third-order valence-corrected chi connectivity index (χ3v) is 4.93. The number of benzene rings is 1. The zero-order chi connectivity index (χ0) is 22.7. The molecule has 0 saturated carbocycles. The lowest BCUT2D eigenvalue weighted by Gasteiger charge is -2.19. The molecule has 4 N–H and O–H groups in total. The van der Waals surface area contributed by atoms with Gasteiger partial charge in [0.15, 0.2) is 0 Å². The number of amides is 2. The number of hydrogen-bond donors (Lipinski definition) is 4. The molecule has 1 unspecified atom stereocenters. The summed E-state index contributed by atoms with van der Waals surface area (Å²) >= 11 is 0. The molecule has 1 aromatic carbocycles. The lowest BCUT2D eigenvalue weighted by Crippen LogP contribution is -2.29. The third kappa shape index (κ3) is 4.40. The van der Waals surface area contributed by atoms with Crippen LogP contribution in [0.5, 0.6) is 5.75 Å². The molecule has 2 amide bonds. The van der Waals surface area contributed by atoms with Crippen molar-refractivity contribution in [2.75, 3.05) is 26.5 Å². The van der Waals surface area contributed by atoms with E-state index in [4.69, 9.17) is 4.42 Å². The number of nitrogens with zero attached hydrogens (tertiary/aromatic N) is 2. The molecule has 31 heavy (non-hydrogen) atoms. The highest BCUT2D eigenvalue weighted by molar-refractivity contribution is 6.20. The smallest absolute Gasteiger partial charge is 0.276 e. The highest BCUT2D eigenvalue weighted by Gasteiger charge is 2.33. The fraction of sp³-hybridized carbons (Fsp3) is 0.318. The highest BCUT2D eigenvalue weighted by atomic mass is 16.3. The Morgan fingerprint density at radius 2 is 1.90 bits per heavy atom. The Bertz CT molecular complexity index is 1070. The molecule has 164 valence electrons. The molecule has 0 bridgehead atoms. The summed E-state index contributed by atoms with van der Waals surface area (Å²) in [7, 11) is 5.26. The average Bonchev–Trinajstić information content (AvgIpc) is 3.26. The first-order valence-electron chi connectivity index (χ1n) is 9.93. The molecule has 9 nitrogen and oxygen atoms in total. The Kier molecular flexibility index (Phi) is 6.33. The maximum Gasteiger partial charge on any atom is 0.276 e. The predicted molar refractivity (Wildman–Crippen MR) is 118 cm³/mol. The lowest BCUT2D eigenvalue weighted by molar-refractivity contribution is -0.124. The molecule has 1 aliphatic heterocycles. The summed E-state index contributed by atoms with van der Waals surface area (Å²) in [5, 5.41) is 19.1. The number of aliphatic imine (C=N–C) groups is 1. The van der Waals surface area contributed by atoms with Crippen molar-refractivity contribution in [1.82, 2.24) is 15.5 Å². The minimum absolute atomic E-state index is 0.0269. The van der Waals surface area contributed by atoms with Crippen LogP contribution in [0, 0.1) is 6.92 Å². The van der Waals surface area contributed by atoms with E-state index in [-0.39, 0.29) is 28.9 Å². The number of phenolic OH excluding ortho intramolecular Hbond substituents is 1. The Morgan fingerprint density at radius 3 is 2.48 bits per heavy atom. The van der Waals surface area contributed by atoms with Crippen LogP contribution in [0.4, 0.5) is 5.69 Å². The molecule has 9 heteroatoms. The van der Waals surface area contributed by atoms with Crippen molar-refractivity contribution >= 4 is 23.3 Å². The van der Waals surface area contributed by atoms with Crippen molar-refractivity contribution < 1.29 is 19.1 Å². The Hall–Kier alpha value is -3.75. The zero-order valence-corrected chi connectivity index (χ0v) is 18.2. The van der Waals surface area contributed by atoms with Crippen molar-refractivity contribution in [3.8, 4) is 5.75 Å². The summed E-state index contributed by atoms with van der Waals surface area (Å²) in [5.41, 5.74) is 0.892. The monoisotopic (exact) mass is 425 g/mol. The largest absolute Gasteiger partial charge is 0.505 e. The van der Waals surface area contributed by atoms with Crippen LogP contribution in [0.25, 0.3) is 0 Å². The van der Waals surface area contributed by atoms with Crippen LogP contribution >= 0.6 is 0 Å². The molecule has 0 saturated heterocycles. The van der Waals surface area contributed by atoms with Crippen LogP contribution in [-0.2, 0) is 9.59 Å². The fourth-order valence-electron chi connectivity index (χ4n) is 3.42. The summed E-state index contributed by atoms with van der Waals surface area (Å²) in [4.78, 5) is 30.9. The van der Waals surface area contributed by atoms with E-state index in [1.807, 2.05) is 40.1 Å². The molecule has 1 aromatic heterocycles. The molecule has 3 rings (SSSR count). The maximum atomic E-state index is 12.5. The Balaban J connectivity index is 1.97. The molecular formula is C22H27N5O4. The number of carbonyl (C=O) groups excluding carboxylic acids is 2. The van der Waals surface area contributed by atoms with Crippen molar-refractivity contribution in [3.63, 3.8) is 0 Å². The number of imide groups is 1. The van der Waals surface area contributed by atoms with Gasteiger partial charge in [-0.1, -0.05) is 13.0 Å². The molecule has 0 aliphatic carbocycles. The maximum absolute atomic E-state index is 12.5. The van der Waals surface area contributed by atoms with Crippen LogP contribution < -0.4 is 16.0 Å². The Labute approximate surface area is 180 Å². The molecule has 0 radical (unpaired) electrons. The van der Waals surface area contributed by atoms with Gasteiger partial charge in [-0.3, -0.25) is 19.9 Å². The number of anilines is 1. The molecule has 2 heterocycles. The summed E-state index contributed by atoms with van der Waals surface area (Å²) in [6, 6.07) is 8.45. The second kappa shape index (κ2) is 8.95. The summed E-state index contributed by atoms with van der Waals surface area (Å²) in [5.74, 6) is 0.780. The van der Waals surface area contributed by atoms with Gasteiger partial charge in [0.25, 0.3) is 11.8 Å². The van der Waals surface area contributed by atoms with Gasteiger partial charge < -0.3 is 25.1 Å². The van der Waals surface area contributed by atoms with Gasteiger partial charge in [0.2, 0.25) is 0 Å². The van der Waals surface area contributed by atoms with Crippen molar-refractivity contribution in [3.05, 3.63) is 58.8 Å². The second-order valence-corrected chi connectivity index (χ2v) is 7.36. The van der Waals surface area contributed by atoms with Crippen LogP contribution in [0.3, 0.4) is 0 Å². The van der Waals surface area contributed by atoms with Gasteiger partial charge in [0, 0.05) is 21.1 Å². The summed E-state index contributed by atoms with van der Waals surface area (Å²) in [6.07, 6.45) is 0.630. The van der Waals surface area contributed by atoms with Crippen LogP contribution in [0.15, 0.2) is 51.1 Å². The van der Waals surface area contributed by atoms with Crippen molar-refractivity contribution in [1.29, 1.82) is 0 Å². The van der Waals surface area contributed by atoms with Gasteiger partial charge in [-0.05, 0) is 37.6 Å². The Morgan fingerprint density at radius 1 is 1.19 bits per heavy atom. The van der Waals surface area contributed by atoms with Crippen LogP contribution in [0.2, 0.25) is 0 Å². The number of amidine groups is 1. The van der Waals surface area contributed by atoms with E-state index in [0.29, 0.717) is 23.6 Å². The number of furan rings is 1. The van der Waals surface area contributed by atoms with E-state index >= 15 is 0 Å². The summed E-state index contributed by atoms with van der Waals surface area (Å²) in [6.45, 7) is 3.78. The highest BCUT2D eigenvalue weighted by Crippen LogP contribution is 2.31. The van der Waals surface area contributed by atoms with E-state index in [1.165, 1.54) is 0 Å². The van der Waals surface area contributed by atoms with Gasteiger partial charge in [-0.25, -0.2) is 0 Å². The van der Waals surface area contributed by atoms with Crippen molar-refractivity contribution in [2.24, 2.45) is 4.99 Å². The number of rotatable bonds is 7. The fourth-order valence-corrected chi connectivity index (χ4v) is 3.42. The minimum Gasteiger partial charge on any atom is -0.505 e. The van der Waals surface area contributed by atoms with E-state index in [1.54, 1.807) is 30.1 Å². The lowest BCUT2D eigenvalue weighted by atomic mass is 10.1. The van der Waals surface area contributed by atoms with Gasteiger partial charge in [-0.2, -0.15) is 0 Å². The number of nitrogens with one attached hydrogen (secondary N) is 3. The number of aromatic hydroxyl groups is 1. The number of carbonyl (C=O) groups is 2.